The second-order valence-corrected chi connectivity index (χ2v) is 3.66. The van der Waals surface area contributed by atoms with Gasteiger partial charge in [0.2, 0.25) is 0 Å². The van der Waals surface area contributed by atoms with Gasteiger partial charge in [0.05, 0.1) is 17.7 Å². The molecular weight excluding hydrogens is 320 g/mol. The van der Waals surface area contributed by atoms with Gasteiger partial charge in [-0.05, 0) is 19.1 Å². The fourth-order valence-electron chi connectivity index (χ4n) is 1.06. The Hall–Kier alpha value is -3.42. The monoisotopic (exact) mass is 338 g/mol. The molecule has 24 heavy (non-hydrogen) atoms. The quantitative estimate of drug-likeness (QED) is 0.548. The van der Waals surface area contributed by atoms with Crippen molar-refractivity contribution < 1.29 is 39.2 Å². The standard InChI is InChI=1S/C10H10O4.2C3H4O2/c1-2-14-10(13)8-6-4-3-5-7(8)9(11)12;2*1-2-3(4)5/h3-6H,2H2,1H3,(H,11,12);2*2H,1H2,(H,4,5). The molecule has 0 spiro atoms. The lowest BCUT2D eigenvalue weighted by molar-refractivity contribution is -0.132. The molecule has 0 aliphatic heterocycles. The summed E-state index contributed by atoms with van der Waals surface area (Å²) < 4.78 is 4.72. The molecule has 0 fully saturated rings. The summed E-state index contributed by atoms with van der Waals surface area (Å²) >= 11 is 0. The minimum absolute atomic E-state index is 0.0362. The number of carbonyl (C=O) groups excluding carboxylic acids is 1. The molecular formula is C16H18O8. The van der Waals surface area contributed by atoms with Crippen molar-refractivity contribution in [2.45, 2.75) is 6.92 Å². The molecule has 0 heterocycles. The van der Waals surface area contributed by atoms with E-state index < -0.39 is 23.9 Å². The minimum atomic E-state index is -1.13. The lowest BCUT2D eigenvalue weighted by Crippen LogP contribution is -2.11. The molecule has 3 N–H and O–H groups in total. The van der Waals surface area contributed by atoms with Gasteiger partial charge in [0, 0.05) is 12.2 Å². The van der Waals surface area contributed by atoms with E-state index in [2.05, 4.69) is 13.2 Å². The van der Waals surface area contributed by atoms with Crippen LogP contribution in [-0.2, 0) is 14.3 Å². The average Bonchev–Trinajstić information content (AvgIpc) is 2.56. The molecule has 0 radical (unpaired) electrons. The third-order valence-corrected chi connectivity index (χ3v) is 2.00. The molecule has 0 aromatic heterocycles. The maximum atomic E-state index is 11.3. The van der Waals surface area contributed by atoms with Crippen molar-refractivity contribution in [1.29, 1.82) is 0 Å². The van der Waals surface area contributed by atoms with Crippen LogP contribution in [0.5, 0.6) is 0 Å². The summed E-state index contributed by atoms with van der Waals surface area (Å²) in [6.45, 7) is 7.82. The zero-order chi connectivity index (χ0) is 19.1. The van der Waals surface area contributed by atoms with Crippen molar-refractivity contribution in [3.63, 3.8) is 0 Å². The molecule has 0 saturated heterocycles. The van der Waals surface area contributed by atoms with E-state index in [1.807, 2.05) is 0 Å². The molecule has 130 valence electrons. The topological polar surface area (TPSA) is 138 Å². The van der Waals surface area contributed by atoms with Crippen LogP contribution >= 0.6 is 0 Å². The maximum Gasteiger partial charge on any atom is 0.338 e. The number of carbonyl (C=O) groups is 4. The van der Waals surface area contributed by atoms with Gasteiger partial charge in [-0.15, -0.1) is 0 Å². The van der Waals surface area contributed by atoms with Crippen LogP contribution in [0.25, 0.3) is 0 Å². The van der Waals surface area contributed by atoms with Crippen LogP contribution in [0.2, 0.25) is 0 Å². The number of benzene rings is 1. The highest BCUT2D eigenvalue weighted by atomic mass is 16.5. The highest BCUT2D eigenvalue weighted by Gasteiger charge is 2.15. The van der Waals surface area contributed by atoms with Crippen molar-refractivity contribution in [2.75, 3.05) is 6.61 Å². The fourth-order valence-corrected chi connectivity index (χ4v) is 1.06. The average molecular weight is 338 g/mol. The Morgan fingerprint density at radius 1 is 0.958 bits per heavy atom. The van der Waals surface area contributed by atoms with Gasteiger partial charge >= 0.3 is 23.9 Å². The van der Waals surface area contributed by atoms with E-state index in [0.717, 1.165) is 12.2 Å². The van der Waals surface area contributed by atoms with E-state index in [1.54, 1.807) is 19.1 Å². The number of hydrogen-bond acceptors (Lipinski definition) is 5. The summed E-state index contributed by atoms with van der Waals surface area (Å²) in [5, 5.41) is 24.0. The number of carboxylic acid groups (broad SMARTS) is 3. The molecule has 1 aromatic rings. The number of ether oxygens (including phenoxy) is 1. The van der Waals surface area contributed by atoms with Gasteiger partial charge in [0.15, 0.2) is 0 Å². The number of aliphatic carboxylic acids is 2. The van der Waals surface area contributed by atoms with Crippen molar-refractivity contribution in [3.05, 3.63) is 60.7 Å². The minimum Gasteiger partial charge on any atom is -0.478 e. The Balaban J connectivity index is 0. The van der Waals surface area contributed by atoms with Gasteiger partial charge in [-0.1, -0.05) is 25.3 Å². The predicted molar refractivity (Wildman–Crippen MR) is 85.0 cm³/mol. The first-order chi connectivity index (χ1) is 11.2. The molecule has 0 bridgehead atoms. The Morgan fingerprint density at radius 2 is 1.33 bits per heavy atom. The lowest BCUT2D eigenvalue weighted by Gasteiger charge is -2.04. The zero-order valence-electron chi connectivity index (χ0n) is 13.0. The molecule has 0 unspecified atom stereocenters. The number of rotatable bonds is 5. The van der Waals surface area contributed by atoms with Crippen LogP contribution in [0, 0.1) is 0 Å². The van der Waals surface area contributed by atoms with Gasteiger partial charge < -0.3 is 20.1 Å². The van der Waals surface area contributed by atoms with Crippen LogP contribution in [0.3, 0.4) is 0 Å². The molecule has 8 heteroatoms. The molecule has 0 atom stereocenters. The summed E-state index contributed by atoms with van der Waals surface area (Å²) in [6, 6.07) is 5.96. The second-order valence-electron chi connectivity index (χ2n) is 3.66. The van der Waals surface area contributed by atoms with Crippen LogP contribution in [0.1, 0.15) is 27.6 Å². The van der Waals surface area contributed by atoms with Crippen molar-refractivity contribution in [1.82, 2.24) is 0 Å². The Kier molecular flexibility index (Phi) is 12.6. The van der Waals surface area contributed by atoms with Crippen LogP contribution in [0.4, 0.5) is 0 Å². The van der Waals surface area contributed by atoms with Crippen molar-refractivity contribution in [3.8, 4) is 0 Å². The summed E-state index contributed by atoms with van der Waals surface area (Å²) in [4.78, 5) is 40.5. The largest absolute Gasteiger partial charge is 0.478 e. The van der Waals surface area contributed by atoms with E-state index >= 15 is 0 Å². The van der Waals surface area contributed by atoms with Gasteiger partial charge in [0.1, 0.15) is 0 Å². The smallest absolute Gasteiger partial charge is 0.338 e. The van der Waals surface area contributed by atoms with E-state index in [-0.39, 0.29) is 17.7 Å². The van der Waals surface area contributed by atoms with Gasteiger partial charge in [-0.25, -0.2) is 19.2 Å². The van der Waals surface area contributed by atoms with Gasteiger partial charge in [-0.3, -0.25) is 0 Å². The number of carboxylic acids is 3. The Labute approximate surface area is 138 Å². The summed E-state index contributed by atoms with van der Waals surface area (Å²) in [5.74, 6) is -3.70. The lowest BCUT2D eigenvalue weighted by atomic mass is 10.1. The highest BCUT2D eigenvalue weighted by Crippen LogP contribution is 2.09. The molecule has 0 amide bonds. The van der Waals surface area contributed by atoms with Crippen LogP contribution < -0.4 is 0 Å². The van der Waals surface area contributed by atoms with Gasteiger partial charge in [-0.2, -0.15) is 0 Å². The first-order valence-corrected chi connectivity index (χ1v) is 6.41. The van der Waals surface area contributed by atoms with Crippen LogP contribution in [0.15, 0.2) is 49.6 Å². The number of hydrogen-bond donors (Lipinski definition) is 3. The molecule has 8 nitrogen and oxygen atoms in total. The highest BCUT2D eigenvalue weighted by molar-refractivity contribution is 6.02. The van der Waals surface area contributed by atoms with Crippen molar-refractivity contribution in [2.24, 2.45) is 0 Å². The first kappa shape index (κ1) is 22.9. The summed E-state index contributed by atoms with van der Waals surface area (Å²) in [7, 11) is 0. The van der Waals surface area contributed by atoms with Crippen molar-refractivity contribution >= 4 is 23.9 Å². The second kappa shape index (κ2) is 13.3. The maximum absolute atomic E-state index is 11.3. The molecule has 0 aliphatic rings. The Morgan fingerprint density at radius 3 is 1.62 bits per heavy atom. The SMILES string of the molecule is C=CC(=O)O.C=CC(=O)O.CCOC(=O)c1ccccc1C(=O)O. The third-order valence-electron chi connectivity index (χ3n) is 2.00. The third kappa shape index (κ3) is 11.3. The fraction of sp³-hybridized carbons (Fsp3) is 0.125. The predicted octanol–water partition coefficient (Wildman–Crippen LogP) is 2.08. The number of aromatic carboxylic acids is 1. The van der Waals surface area contributed by atoms with E-state index in [0.29, 0.717) is 0 Å². The van der Waals surface area contributed by atoms with E-state index in [4.69, 9.17) is 20.1 Å². The Bertz CT molecular complexity index is 586. The number of esters is 1. The zero-order valence-corrected chi connectivity index (χ0v) is 13.0. The van der Waals surface area contributed by atoms with Gasteiger partial charge in [0.25, 0.3) is 0 Å². The van der Waals surface area contributed by atoms with E-state index in [9.17, 15) is 19.2 Å². The van der Waals surface area contributed by atoms with E-state index in [1.165, 1.54) is 12.1 Å². The van der Waals surface area contributed by atoms with Crippen LogP contribution in [-0.4, -0.2) is 45.8 Å². The normalized spacial score (nSPS) is 8.21. The molecule has 0 saturated carbocycles. The molecule has 1 aromatic carbocycles. The molecule has 1 rings (SSSR count). The summed E-state index contributed by atoms with van der Waals surface area (Å²) in [5.41, 5.74) is 0.0489. The first-order valence-electron chi connectivity index (χ1n) is 6.41. The molecule has 0 aliphatic carbocycles. The summed E-state index contributed by atoms with van der Waals surface area (Å²) in [6.07, 6.45) is 1.67.